The third-order valence-electron chi connectivity index (χ3n) is 5.31. The summed E-state index contributed by atoms with van der Waals surface area (Å²) < 4.78 is 12.8. The van der Waals surface area contributed by atoms with Crippen molar-refractivity contribution in [1.29, 1.82) is 0 Å². The van der Waals surface area contributed by atoms with Crippen molar-refractivity contribution in [3.63, 3.8) is 0 Å². The van der Waals surface area contributed by atoms with Gasteiger partial charge in [0.1, 0.15) is 11.9 Å². The van der Waals surface area contributed by atoms with Crippen LogP contribution in [0.2, 0.25) is 0 Å². The molecule has 1 heterocycles. The number of carbonyl (C=O) groups excluding carboxylic acids is 1. The van der Waals surface area contributed by atoms with E-state index in [-0.39, 0.29) is 5.91 Å². The average Bonchev–Trinajstić information content (AvgIpc) is 3.20. The molecule has 158 valence electrons. The van der Waals surface area contributed by atoms with Crippen LogP contribution >= 0.6 is 0 Å². The summed E-state index contributed by atoms with van der Waals surface area (Å²) in [6.07, 6.45) is 0. The Hall–Kier alpha value is -3.80. The summed E-state index contributed by atoms with van der Waals surface area (Å²) in [7, 11) is 3.12. The summed E-state index contributed by atoms with van der Waals surface area (Å²) >= 11 is 0. The monoisotopic (exact) mass is 415 g/mol. The van der Waals surface area contributed by atoms with Crippen molar-refractivity contribution in [3.05, 3.63) is 89.7 Å². The summed E-state index contributed by atoms with van der Waals surface area (Å²) in [5.74, 6) is 1.66. The second-order valence-electron chi connectivity index (χ2n) is 7.09. The Morgan fingerprint density at radius 2 is 1.68 bits per heavy atom. The van der Waals surface area contributed by atoms with Gasteiger partial charge in [-0.05, 0) is 42.8 Å². The Morgan fingerprint density at radius 3 is 2.39 bits per heavy atom. The number of benzene rings is 3. The number of rotatable bonds is 7. The van der Waals surface area contributed by atoms with E-state index in [2.05, 4.69) is 16.8 Å². The molecule has 0 radical (unpaired) electrons. The van der Waals surface area contributed by atoms with E-state index in [1.807, 2.05) is 54.6 Å². The van der Waals surface area contributed by atoms with Crippen molar-refractivity contribution >= 4 is 16.9 Å². The summed E-state index contributed by atoms with van der Waals surface area (Å²) in [4.78, 5) is 18.1. The van der Waals surface area contributed by atoms with Crippen molar-refractivity contribution in [2.45, 2.75) is 19.5 Å². The normalized spacial score (nSPS) is 11.8. The van der Waals surface area contributed by atoms with Gasteiger partial charge in [-0.2, -0.15) is 0 Å². The number of carbonyl (C=O) groups is 1. The molecule has 6 nitrogen and oxygen atoms in total. The molecule has 1 N–H and O–H groups in total. The first-order valence-corrected chi connectivity index (χ1v) is 10.2. The number of aryl methyl sites for hydroxylation is 1. The van der Waals surface area contributed by atoms with Crippen molar-refractivity contribution in [3.8, 4) is 11.5 Å². The molecule has 6 heteroatoms. The first kappa shape index (κ1) is 20.5. The molecule has 0 saturated heterocycles. The maximum absolute atomic E-state index is 13.2. The van der Waals surface area contributed by atoms with E-state index in [9.17, 15) is 4.79 Å². The Kier molecular flexibility index (Phi) is 5.89. The van der Waals surface area contributed by atoms with Gasteiger partial charge in [-0.25, -0.2) is 4.98 Å². The highest BCUT2D eigenvalue weighted by Gasteiger charge is 2.24. The molecule has 0 spiro atoms. The number of methoxy groups -OCH3 is 2. The van der Waals surface area contributed by atoms with Crippen LogP contribution in [0.4, 0.5) is 0 Å². The Bertz CT molecular complexity index is 1200. The second-order valence-corrected chi connectivity index (χ2v) is 7.09. The van der Waals surface area contributed by atoms with E-state index in [0.717, 1.165) is 29.0 Å². The first-order valence-electron chi connectivity index (χ1n) is 10.2. The molecule has 0 aliphatic carbocycles. The maximum Gasteiger partial charge on any atom is 0.252 e. The fourth-order valence-corrected chi connectivity index (χ4v) is 3.78. The molecule has 0 fully saturated rings. The zero-order valence-electron chi connectivity index (χ0n) is 17.8. The van der Waals surface area contributed by atoms with Crippen LogP contribution in [0.5, 0.6) is 11.5 Å². The molecule has 3 aromatic carbocycles. The van der Waals surface area contributed by atoms with E-state index in [1.54, 1.807) is 32.4 Å². The van der Waals surface area contributed by atoms with E-state index >= 15 is 0 Å². The fourth-order valence-electron chi connectivity index (χ4n) is 3.78. The summed E-state index contributed by atoms with van der Waals surface area (Å²) in [5, 5.41) is 3.17. The van der Waals surface area contributed by atoms with Crippen LogP contribution in [0.1, 0.15) is 34.7 Å². The van der Waals surface area contributed by atoms with Crippen LogP contribution in [0.25, 0.3) is 11.0 Å². The molecule has 0 saturated carbocycles. The smallest absolute Gasteiger partial charge is 0.252 e. The highest BCUT2D eigenvalue weighted by molar-refractivity contribution is 5.95. The van der Waals surface area contributed by atoms with Crippen molar-refractivity contribution in [2.24, 2.45) is 0 Å². The lowest BCUT2D eigenvalue weighted by atomic mass is 10.0. The van der Waals surface area contributed by atoms with Crippen LogP contribution in [-0.2, 0) is 6.54 Å². The third-order valence-corrected chi connectivity index (χ3v) is 5.31. The summed E-state index contributed by atoms with van der Waals surface area (Å²) in [6, 6.07) is 22.6. The number of aromatic nitrogens is 2. The summed E-state index contributed by atoms with van der Waals surface area (Å²) in [6.45, 7) is 2.82. The van der Waals surface area contributed by atoms with Crippen LogP contribution < -0.4 is 14.8 Å². The van der Waals surface area contributed by atoms with Crippen LogP contribution in [-0.4, -0.2) is 29.7 Å². The number of hydrogen-bond donors (Lipinski definition) is 1. The topological polar surface area (TPSA) is 65.4 Å². The molecular weight excluding hydrogens is 390 g/mol. The number of para-hydroxylation sites is 2. The number of ether oxygens (including phenoxy) is 2. The average molecular weight is 415 g/mol. The minimum absolute atomic E-state index is 0.218. The van der Waals surface area contributed by atoms with Gasteiger partial charge in [-0.1, -0.05) is 42.5 Å². The minimum atomic E-state index is -0.408. The molecular formula is C25H25N3O3. The predicted molar refractivity (Wildman–Crippen MR) is 121 cm³/mol. The third kappa shape index (κ3) is 3.97. The Morgan fingerprint density at radius 1 is 0.968 bits per heavy atom. The van der Waals surface area contributed by atoms with Gasteiger partial charge in [0.15, 0.2) is 11.5 Å². The van der Waals surface area contributed by atoms with Gasteiger partial charge in [0.05, 0.1) is 25.3 Å². The molecule has 1 aromatic heterocycles. The number of nitrogens with zero attached hydrogens (tertiary/aromatic N) is 2. The quantitative estimate of drug-likeness (QED) is 0.479. The van der Waals surface area contributed by atoms with Gasteiger partial charge in [0, 0.05) is 12.1 Å². The highest BCUT2D eigenvalue weighted by atomic mass is 16.5. The van der Waals surface area contributed by atoms with Crippen LogP contribution in [0, 0.1) is 0 Å². The zero-order chi connectivity index (χ0) is 21.8. The van der Waals surface area contributed by atoms with Gasteiger partial charge in [0.2, 0.25) is 0 Å². The molecule has 4 aromatic rings. The number of hydrogen-bond acceptors (Lipinski definition) is 4. The van der Waals surface area contributed by atoms with Crippen LogP contribution in [0.3, 0.4) is 0 Å². The molecule has 4 rings (SSSR count). The largest absolute Gasteiger partial charge is 0.493 e. The van der Waals surface area contributed by atoms with Crippen molar-refractivity contribution in [2.75, 3.05) is 14.2 Å². The maximum atomic E-state index is 13.2. The van der Waals surface area contributed by atoms with Crippen molar-refractivity contribution in [1.82, 2.24) is 14.9 Å². The second kappa shape index (κ2) is 8.92. The summed E-state index contributed by atoms with van der Waals surface area (Å²) in [5.41, 5.74) is 3.39. The molecule has 1 atom stereocenters. The Balaban J connectivity index is 1.77. The molecule has 0 aliphatic rings. The van der Waals surface area contributed by atoms with Gasteiger partial charge in [-0.15, -0.1) is 0 Å². The number of imidazole rings is 1. The number of nitrogens with one attached hydrogen (secondary N) is 1. The van der Waals surface area contributed by atoms with E-state index in [4.69, 9.17) is 14.5 Å². The lowest BCUT2D eigenvalue weighted by Crippen LogP contribution is -2.31. The lowest BCUT2D eigenvalue weighted by Gasteiger charge is -2.20. The zero-order valence-corrected chi connectivity index (χ0v) is 17.8. The van der Waals surface area contributed by atoms with Gasteiger partial charge < -0.3 is 19.4 Å². The molecule has 0 aliphatic heterocycles. The molecule has 0 unspecified atom stereocenters. The van der Waals surface area contributed by atoms with E-state index in [1.165, 1.54) is 0 Å². The number of fused-ring (bicyclic) bond motifs is 1. The van der Waals surface area contributed by atoms with Gasteiger partial charge in [0.25, 0.3) is 5.91 Å². The highest BCUT2D eigenvalue weighted by Crippen LogP contribution is 2.29. The SMILES string of the molecule is CCn1c([C@H](NC(=O)c2ccc(OC)c(OC)c2)c2ccccc2)nc2ccccc21. The Labute approximate surface area is 181 Å². The predicted octanol–water partition coefficient (Wildman–Crippen LogP) is 4.59. The number of amides is 1. The minimum Gasteiger partial charge on any atom is -0.493 e. The molecule has 1 amide bonds. The van der Waals surface area contributed by atoms with E-state index < -0.39 is 6.04 Å². The van der Waals surface area contributed by atoms with E-state index in [0.29, 0.717) is 17.1 Å². The standard InChI is InChI=1S/C25H25N3O3/c1-4-28-20-13-9-8-12-19(20)26-24(28)23(17-10-6-5-7-11-17)27-25(29)18-14-15-21(30-2)22(16-18)31-3/h5-16,23H,4H2,1-3H3,(H,27,29)/t23-/m1/s1. The van der Waals surface area contributed by atoms with Crippen molar-refractivity contribution < 1.29 is 14.3 Å². The molecule has 0 bridgehead atoms. The van der Waals surface area contributed by atoms with Crippen LogP contribution in [0.15, 0.2) is 72.8 Å². The first-order chi connectivity index (χ1) is 15.2. The van der Waals surface area contributed by atoms with Gasteiger partial charge >= 0.3 is 0 Å². The lowest BCUT2D eigenvalue weighted by molar-refractivity contribution is 0.0940. The fraction of sp³-hybridized carbons (Fsp3) is 0.200. The molecule has 31 heavy (non-hydrogen) atoms. The van der Waals surface area contributed by atoms with Gasteiger partial charge in [-0.3, -0.25) is 4.79 Å².